The third kappa shape index (κ3) is 4.34. The van der Waals surface area contributed by atoms with Crippen molar-refractivity contribution in [2.24, 2.45) is 0 Å². The van der Waals surface area contributed by atoms with Crippen LogP contribution in [0.3, 0.4) is 0 Å². The SMILES string of the molecule is Cc1c(NS(=O)(=O)C=Cc2ccccc2Cl)cccc1C(=O)O. The molecule has 0 aromatic heterocycles. The number of aromatic carboxylic acids is 1. The smallest absolute Gasteiger partial charge is 0.336 e. The maximum absolute atomic E-state index is 12.1. The Bertz CT molecular complexity index is 875. The molecule has 0 aliphatic carbocycles. The van der Waals surface area contributed by atoms with Crippen molar-refractivity contribution in [1.29, 1.82) is 0 Å². The van der Waals surface area contributed by atoms with Crippen molar-refractivity contribution in [1.82, 2.24) is 0 Å². The summed E-state index contributed by atoms with van der Waals surface area (Å²) in [5, 5.41) is 10.5. The largest absolute Gasteiger partial charge is 0.478 e. The van der Waals surface area contributed by atoms with Gasteiger partial charge in [-0.15, -0.1) is 0 Å². The highest BCUT2D eigenvalue weighted by Gasteiger charge is 2.13. The Hall–Kier alpha value is -2.31. The van der Waals surface area contributed by atoms with Crippen molar-refractivity contribution in [2.45, 2.75) is 6.92 Å². The summed E-state index contributed by atoms with van der Waals surface area (Å²) in [4.78, 5) is 11.1. The zero-order chi connectivity index (χ0) is 17.0. The van der Waals surface area contributed by atoms with Crippen LogP contribution in [0.25, 0.3) is 6.08 Å². The summed E-state index contributed by atoms with van der Waals surface area (Å²) in [6.45, 7) is 1.54. The number of carbonyl (C=O) groups is 1. The van der Waals surface area contributed by atoms with Crippen LogP contribution in [-0.4, -0.2) is 19.5 Å². The molecule has 2 aromatic rings. The van der Waals surface area contributed by atoms with Gasteiger partial charge in [0, 0.05) is 5.02 Å². The Morgan fingerprint density at radius 2 is 1.87 bits per heavy atom. The first-order valence-corrected chi connectivity index (χ1v) is 8.51. The molecular formula is C16H14ClNO4S. The normalized spacial score (nSPS) is 11.6. The fourth-order valence-corrected chi connectivity index (χ4v) is 3.06. The molecule has 0 radical (unpaired) electrons. The molecule has 23 heavy (non-hydrogen) atoms. The topological polar surface area (TPSA) is 83.5 Å². The van der Waals surface area contributed by atoms with Crippen molar-refractivity contribution in [3.8, 4) is 0 Å². The van der Waals surface area contributed by atoms with E-state index in [4.69, 9.17) is 16.7 Å². The van der Waals surface area contributed by atoms with E-state index < -0.39 is 16.0 Å². The van der Waals surface area contributed by atoms with E-state index >= 15 is 0 Å². The van der Waals surface area contributed by atoms with E-state index in [9.17, 15) is 13.2 Å². The predicted molar refractivity (Wildman–Crippen MR) is 91.2 cm³/mol. The van der Waals surface area contributed by atoms with Crippen LogP contribution in [0.5, 0.6) is 0 Å². The molecule has 0 saturated heterocycles. The minimum absolute atomic E-state index is 0.0419. The molecule has 7 heteroatoms. The maximum Gasteiger partial charge on any atom is 0.336 e. The van der Waals surface area contributed by atoms with Crippen LogP contribution in [0.2, 0.25) is 5.02 Å². The third-order valence-corrected chi connectivity index (χ3v) is 4.49. The molecule has 0 amide bonds. The number of rotatable bonds is 5. The van der Waals surface area contributed by atoms with Crippen molar-refractivity contribution in [2.75, 3.05) is 4.72 Å². The zero-order valence-electron chi connectivity index (χ0n) is 12.2. The zero-order valence-corrected chi connectivity index (χ0v) is 13.7. The molecule has 0 heterocycles. The van der Waals surface area contributed by atoms with E-state index in [1.54, 1.807) is 31.2 Å². The lowest BCUT2D eigenvalue weighted by Crippen LogP contribution is -2.11. The molecule has 2 rings (SSSR count). The van der Waals surface area contributed by atoms with Crippen LogP contribution >= 0.6 is 11.6 Å². The number of hydrogen-bond acceptors (Lipinski definition) is 3. The van der Waals surface area contributed by atoms with Crippen molar-refractivity contribution >= 4 is 39.4 Å². The number of carboxylic acids is 1. The standard InChI is InChI=1S/C16H14ClNO4S/c1-11-13(16(19)20)6-4-8-15(11)18-23(21,22)10-9-12-5-2-3-7-14(12)17/h2-10,18H,1H3,(H,19,20). The molecule has 0 fully saturated rings. The number of hydrogen-bond donors (Lipinski definition) is 2. The van der Waals surface area contributed by atoms with E-state index in [2.05, 4.69) is 4.72 Å². The highest BCUT2D eigenvalue weighted by atomic mass is 35.5. The molecule has 0 aliphatic rings. The summed E-state index contributed by atoms with van der Waals surface area (Å²) in [6, 6.07) is 11.2. The minimum atomic E-state index is -3.80. The van der Waals surface area contributed by atoms with Crippen molar-refractivity contribution < 1.29 is 18.3 Å². The summed E-state index contributed by atoms with van der Waals surface area (Å²) in [6.07, 6.45) is 1.38. The molecular weight excluding hydrogens is 338 g/mol. The summed E-state index contributed by atoms with van der Waals surface area (Å²) < 4.78 is 26.6. The number of anilines is 1. The number of sulfonamides is 1. The van der Waals surface area contributed by atoms with Crippen LogP contribution in [-0.2, 0) is 10.0 Å². The minimum Gasteiger partial charge on any atom is -0.478 e. The maximum atomic E-state index is 12.1. The summed E-state index contributed by atoms with van der Waals surface area (Å²) in [5.74, 6) is -1.12. The van der Waals surface area contributed by atoms with Crippen LogP contribution in [0.15, 0.2) is 47.9 Å². The summed E-state index contributed by atoms with van der Waals surface area (Å²) >= 11 is 5.96. The van der Waals surface area contributed by atoms with Gasteiger partial charge in [0.2, 0.25) is 0 Å². The number of nitrogens with one attached hydrogen (secondary N) is 1. The van der Waals surface area contributed by atoms with Crippen molar-refractivity contribution in [3.63, 3.8) is 0 Å². The second-order valence-electron chi connectivity index (χ2n) is 4.75. The lowest BCUT2D eigenvalue weighted by Gasteiger charge is -2.10. The van der Waals surface area contributed by atoms with Gasteiger partial charge in [-0.05, 0) is 42.3 Å². The molecule has 0 bridgehead atoms. The molecule has 120 valence electrons. The Kier molecular flexibility index (Phi) is 5.08. The Balaban J connectivity index is 2.27. The van der Waals surface area contributed by atoms with Crippen LogP contribution < -0.4 is 4.72 Å². The Morgan fingerprint density at radius 1 is 1.17 bits per heavy atom. The van der Waals surface area contributed by atoms with Gasteiger partial charge in [-0.3, -0.25) is 4.72 Å². The summed E-state index contributed by atoms with van der Waals surface area (Å²) in [5.41, 5.74) is 1.17. The van der Waals surface area contributed by atoms with Crippen LogP contribution in [0.4, 0.5) is 5.69 Å². The van der Waals surface area contributed by atoms with Gasteiger partial charge in [0.25, 0.3) is 10.0 Å². The van der Waals surface area contributed by atoms with Gasteiger partial charge in [-0.1, -0.05) is 35.9 Å². The van der Waals surface area contributed by atoms with Gasteiger partial charge >= 0.3 is 5.97 Å². The fourth-order valence-electron chi connectivity index (χ4n) is 1.94. The first-order valence-electron chi connectivity index (χ1n) is 6.58. The van der Waals surface area contributed by atoms with Gasteiger partial charge < -0.3 is 5.11 Å². The van der Waals surface area contributed by atoms with Gasteiger partial charge in [0.05, 0.1) is 16.7 Å². The summed E-state index contributed by atoms with van der Waals surface area (Å²) in [7, 11) is -3.80. The predicted octanol–water partition coefficient (Wildman–Crippen LogP) is 3.76. The average molecular weight is 352 g/mol. The van der Waals surface area contributed by atoms with Gasteiger partial charge in [0.1, 0.15) is 0 Å². The highest BCUT2D eigenvalue weighted by Crippen LogP contribution is 2.21. The monoisotopic (exact) mass is 351 g/mol. The van der Waals surface area contributed by atoms with E-state index in [0.717, 1.165) is 5.41 Å². The lowest BCUT2D eigenvalue weighted by atomic mass is 10.1. The lowest BCUT2D eigenvalue weighted by molar-refractivity contribution is 0.0696. The Morgan fingerprint density at radius 3 is 2.52 bits per heavy atom. The van der Waals surface area contributed by atoms with Gasteiger partial charge in [0.15, 0.2) is 0 Å². The molecule has 5 nitrogen and oxygen atoms in total. The van der Waals surface area contributed by atoms with E-state index in [1.807, 2.05) is 0 Å². The molecule has 2 N–H and O–H groups in total. The van der Waals surface area contributed by atoms with E-state index in [1.165, 1.54) is 24.3 Å². The number of benzene rings is 2. The second-order valence-corrected chi connectivity index (χ2v) is 6.73. The average Bonchev–Trinajstić information content (AvgIpc) is 2.48. The molecule has 0 saturated carbocycles. The second kappa shape index (κ2) is 6.85. The van der Waals surface area contributed by atoms with Crippen LogP contribution in [0.1, 0.15) is 21.5 Å². The molecule has 0 unspecified atom stereocenters. The van der Waals surface area contributed by atoms with E-state index in [-0.39, 0.29) is 11.3 Å². The molecule has 0 atom stereocenters. The van der Waals surface area contributed by atoms with Gasteiger partial charge in [-0.25, -0.2) is 13.2 Å². The quantitative estimate of drug-likeness (QED) is 0.859. The first kappa shape index (κ1) is 17.1. The van der Waals surface area contributed by atoms with Gasteiger partial charge in [-0.2, -0.15) is 0 Å². The third-order valence-electron chi connectivity index (χ3n) is 3.15. The molecule has 0 aliphatic heterocycles. The van der Waals surface area contributed by atoms with Crippen LogP contribution in [0, 0.1) is 6.92 Å². The van der Waals surface area contributed by atoms with E-state index in [0.29, 0.717) is 16.1 Å². The first-order chi connectivity index (χ1) is 10.8. The molecule has 0 spiro atoms. The molecule has 2 aromatic carbocycles. The van der Waals surface area contributed by atoms with Crippen molar-refractivity contribution in [3.05, 3.63) is 69.6 Å². The number of halogens is 1. The Labute approximate surface area is 139 Å². The fraction of sp³-hybridized carbons (Fsp3) is 0.0625. The number of carboxylic acid groups (broad SMARTS) is 1. The highest BCUT2D eigenvalue weighted by molar-refractivity contribution is 7.95.